The summed E-state index contributed by atoms with van der Waals surface area (Å²) < 4.78 is 5.77. The van der Waals surface area contributed by atoms with Crippen LogP contribution in [0.4, 0.5) is 0 Å². The highest BCUT2D eigenvalue weighted by molar-refractivity contribution is 5.96. The highest BCUT2D eigenvalue weighted by Crippen LogP contribution is 2.27. The molecule has 28 heavy (non-hydrogen) atoms. The molecule has 1 aliphatic carbocycles. The number of nitrogens with zero attached hydrogens (tertiary/aromatic N) is 1. The van der Waals surface area contributed by atoms with Crippen LogP contribution in [0, 0.1) is 0 Å². The second-order valence-electron chi connectivity index (χ2n) is 8.68. The summed E-state index contributed by atoms with van der Waals surface area (Å²) >= 11 is 0. The van der Waals surface area contributed by atoms with Crippen LogP contribution in [0.3, 0.4) is 0 Å². The highest BCUT2D eigenvalue weighted by atomic mass is 16.5. The summed E-state index contributed by atoms with van der Waals surface area (Å²) in [5, 5.41) is 5.98. The average molecular weight is 394 g/mol. The number of nitrogens with one attached hydrogen (secondary N) is 2. The first-order valence-corrected chi connectivity index (χ1v) is 11.0. The van der Waals surface area contributed by atoms with Gasteiger partial charge in [0.25, 0.3) is 0 Å². The smallest absolute Gasteiger partial charge is 0.246 e. The summed E-state index contributed by atoms with van der Waals surface area (Å²) in [7, 11) is 0. The second kappa shape index (κ2) is 9.25. The topological polar surface area (TPSA) is 87.7 Å². The van der Waals surface area contributed by atoms with E-state index in [-0.39, 0.29) is 29.9 Å². The fraction of sp³-hybridized carbons (Fsp3) is 0.857. The SMILES string of the molecule is CC[C@@](C)(C(=O)NC1CCCCC1)N(C[C@H]1CCCO1)C(=O)[C@@H]1CCC(=O)N1. The van der Waals surface area contributed by atoms with E-state index in [9.17, 15) is 14.4 Å². The van der Waals surface area contributed by atoms with Crippen molar-refractivity contribution in [3.63, 3.8) is 0 Å². The Balaban J connectivity index is 1.78. The van der Waals surface area contributed by atoms with Crippen molar-refractivity contribution >= 4 is 17.7 Å². The number of hydrogen-bond acceptors (Lipinski definition) is 4. The van der Waals surface area contributed by atoms with E-state index in [1.54, 1.807) is 4.90 Å². The molecule has 7 nitrogen and oxygen atoms in total. The molecule has 0 bridgehead atoms. The van der Waals surface area contributed by atoms with Crippen LogP contribution in [-0.4, -0.2) is 59.5 Å². The maximum absolute atomic E-state index is 13.4. The molecule has 2 saturated heterocycles. The first-order chi connectivity index (χ1) is 13.4. The van der Waals surface area contributed by atoms with Gasteiger partial charge in [0.2, 0.25) is 17.7 Å². The van der Waals surface area contributed by atoms with Crippen LogP contribution in [0.1, 0.15) is 78.1 Å². The molecule has 2 heterocycles. The molecule has 3 aliphatic rings. The molecular weight excluding hydrogens is 358 g/mol. The standard InChI is InChI=1S/C21H35N3O4/c1-3-21(2,20(27)22-15-8-5-4-6-9-15)24(14-16-10-7-13-28-16)19(26)17-11-12-18(25)23-17/h15-17H,3-14H2,1-2H3,(H,22,27)(H,23,25)/t16-,17+,21+/m1/s1. The lowest BCUT2D eigenvalue weighted by molar-refractivity contribution is -0.151. The molecule has 3 fully saturated rings. The zero-order valence-electron chi connectivity index (χ0n) is 17.3. The van der Waals surface area contributed by atoms with Gasteiger partial charge in [-0.1, -0.05) is 26.2 Å². The van der Waals surface area contributed by atoms with E-state index in [1.807, 2.05) is 13.8 Å². The zero-order valence-corrected chi connectivity index (χ0v) is 17.3. The molecule has 1 saturated carbocycles. The van der Waals surface area contributed by atoms with E-state index >= 15 is 0 Å². The van der Waals surface area contributed by atoms with E-state index in [1.165, 1.54) is 6.42 Å². The van der Waals surface area contributed by atoms with Gasteiger partial charge in [0.1, 0.15) is 11.6 Å². The molecular formula is C21H35N3O4. The first-order valence-electron chi connectivity index (χ1n) is 11.0. The molecule has 0 unspecified atom stereocenters. The molecule has 2 aliphatic heterocycles. The summed E-state index contributed by atoms with van der Waals surface area (Å²) in [5.41, 5.74) is -0.951. The molecule has 2 N–H and O–H groups in total. The van der Waals surface area contributed by atoms with E-state index in [4.69, 9.17) is 4.74 Å². The van der Waals surface area contributed by atoms with Crippen molar-refractivity contribution < 1.29 is 19.1 Å². The van der Waals surface area contributed by atoms with Crippen molar-refractivity contribution in [1.29, 1.82) is 0 Å². The molecule has 3 atom stereocenters. The van der Waals surface area contributed by atoms with Gasteiger partial charge in [-0.3, -0.25) is 14.4 Å². The lowest BCUT2D eigenvalue weighted by Crippen LogP contribution is -2.64. The summed E-state index contributed by atoms with van der Waals surface area (Å²) in [5.74, 6) is -0.345. The molecule has 0 radical (unpaired) electrons. The van der Waals surface area contributed by atoms with Crippen molar-refractivity contribution in [2.75, 3.05) is 13.2 Å². The van der Waals surface area contributed by atoms with Crippen LogP contribution in [0.5, 0.6) is 0 Å². The fourth-order valence-corrected chi connectivity index (χ4v) is 4.58. The van der Waals surface area contributed by atoms with E-state index < -0.39 is 11.6 Å². The third kappa shape index (κ3) is 4.67. The molecule has 3 amide bonds. The Labute approximate surface area is 167 Å². The summed E-state index contributed by atoms with van der Waals surface area (Å²) in [6.45, 7) is 4.90. The van der Waals surface area contributed by atoms with Crippen molar-refractivity contribution in [3.8, 4) is 0 Å². The van der Waals surface area contributed by atoms with Crippen LogP contribution >= 0.6 is 0 Å². The Morgan fingerprint density at radius 3 is 2.50 bits per heavy atom. The fourth-order valence-electron chi connectivity index (χ4n) is 4.58. The predicted octanol–water partition coefficient (Wildman–Crippen LogP) is 1.89. The van der Waals surface area contributed by atoms with Crippen molar-refractivity contribution in [1.82, 2.24) is 15.5 Å². The van der Waals surface area contributed by atoms with Gasteiger partial charge in [-0.15, -0.1) is 0 Å². The van der Waals surface area contributed by atoms with Crippen molar-refractivity contribution in [2.45, 2.75) is 102 Å². The number of hydrogen-bond donors (Lipinski definition) is 2. The van der Waals surface area contributed by atoms with Gasteiger partial charge >= 0.3 is 0 Å². The minimum Gasteiger partial charge on any atom is -0.376 e. The van der Waals surface area contributed by atoms with Gasteiger partial charge in [0.15, 0.2) is 0 Å². The quantitative estimate of drug-likeness (QED) is 0.691. The minimum atomic E-state index is -0.951. The molecule has 7 heteroatoms. The number of amides is 3. The Morgan fingerprint density at radius 1 is 1.18 bits per heavy atom. The maximum Gasteiger partial charge on any atom is 0.246 e. The summed E-state index contributed by atoms with van der Waals surface area (Å²) in [6, 6.07) is -0.347. The van der Waals surface area contributed by atoms with Crippen molar-refractivity contribution in [3.05, 3.63) is 0 Å². The normalized spacial score (nSPS) is 27.9. The van der Waals surface area contributed by atoms with Gasteiger partial charge in [0, 0.05) is 25.6 Å². The number of ether oxygens (including phenoxy) is 1. The van der Waals surface area contributed by atoms with Crippen LogP contribution < -0.4 is 10.6 Å². The molecule has 0 spiro atoms. The number of rotatable bonds is 7. The molecule has 158 valence electrons. The Kier molecular flexibility index (Phi) is 6.96. The molecule has 0 aromatic heterocycles. The van der Waals surface area contributed by atoms with Crippen molar-refractivity contribution in [2.24, 2.45) is 0 Å². The second-order valence-corrected chi connectivity index (χ2v) is 8.68. The van der Waals surface area contributed by atoms with E-state index in [0.717, 1.165) is 38.5 Å². The minimum absolute atomic E-state index is 0.0468. The Bertz CT molecular complexity index is 584. The first kappa shape index (κ1) is 21.1. The third-order valence-corrected chi connectivity index (χ3v) is 6.68. The van der Waals surface area contributed by atoms with Gasteiger partial charge in [-0.05, 0) is 45.4 Å². The third-order valence-electron chi connectivity index (χ3n) is 6.68. The Morgan fingerprint density at radius 2 is 1.93 bits per heavy atom. The number of carbonyl (C=O) groups is 3. The van der Waals surface area contributed by atoms with Crippen LogP contribution in [-0.2, 0) is 19.1 Å². The van der Waals surface area contributed by atoms with Gasteiger partial charge in [0.05, 0.1) is 6.10 Å². The molecule has 3 rings (SSSR count). The summed E-state index contributed by atoms with van der Waals surface area (Å²) in [6.07, 6.45) is 8.70. The monoisotopic (exact) mass is 393 g/mol. The van der Waals surface area contributed by atoms with Gasteiger partial charge in [-0.25, -0.2) is 0 Å². The average Bonchev–Trinajstić information content (AvgIpc) is 3.37. The lowest BCUT2D eigenvalue weighted by Gasteiger charge is -2.42. The Hall–Kier alpha value is -1.63. The van der Waals surface area contributed by atoms with E-state index in [2.05, 4.69) is 10.6 Å². The van der Waals surface area contributed by atoms with Gasteiger partial charge in [-0.2, -0.15) is 0 Å². The van der Waals surface area contributed by atoms with Crippen LogP contribution in [0.25, 0.3) is 0 Å². The molecule has 0 aromatic rings. The molecule has 0 aromatic carbocycles. The van der Waals surface area contributed by atoms with E-state index in [0.29, 0.717) is 32.4 Å². The largest absolute Gasteiger partial charge is 0.376 e. The summed E-state index contributed by atoms with van der Waals surface area (Å²) in [4.78, 5) is 40.0. The van der Waals surface area contributed by atoms with Crippen LogP contribution in [0.15, 0.2) is 0 Å². The van der Waals surface area contributed by atoms with Gasteiger partial charge < -0.3 is 20.3 Å². The highest BCUT2D eigenvalue weighted by Gasteiger charge is 2.45. The number of carbonyl (C=O) groups excluding carboxylic acids is 3. The predicted molar refractivity (Wildman–Crippen MR) is 106 cm³/mol. The maximum atomic E-state index is 13.4. The van der Waals surface area contributed by atoms with Crippen LogP contribution in [0.2, 0.25) is 0 Å². The zero-order chi connectivity index (χ0) is 20.1. The lowest BCUT2D eigenvalue weighted by atomic mass is 9.90.